The van der Waals surface area contributed by atoms with Crippen molar-refractivity contribution in [2.24, 2.45) is 5.10 Å². The summed E-state index contributed by atoms with van der Waals surface area (Å²) in [6.45, 7) is 0. The van der Waals surface area contributed by atoms with Crippen LogP contribution in [-0.4, -0.2) is 17.3 Å². The lowest BCUT2D eigenvalue weighted by Crippen LogP contribution is -2.18. The highest BCUT2D eigenvalue weighted by atomic mass is 16.8. The highest BCUT2D eigenvalue weighted by Gasteiger charge is 2.06. The molecule has 1 amide bonds. The predicted octanol–water partition coefficient (Wildman–Crippen LogP) is 3.40. The van der Waals surface area contributed by atoms with Crippen molar-refractivity contribution in [2.45, 2.75) is 0 Å². The maximum absolute atomic E-state index is 12.0. The minimum Gasteiger partial charge on any atom is -0.733 e. The van der Waals surface area contributed by atoms with E-state index in [1.165, 1.54) is 30.5 Å². The number of carbonyl (C=O) groups is 1. The normalized spacial score (nSPS) is 10.8. The van der Waals surface area contributed by atoms with Crippen LogP contribution in [0.4, 0.5) is 5.69 Å². The molecule has 7 nitrogen and oxygen atoms in total. The molecule has 3 rings (SSSR count). The molecule has 0 saturated heterocycles. The standard InChI is InChI=1S/C18H14N3O4/c22-18(14-7-4-8-15(11-14)21(23)24)20-19-12-16-9-10-17(25-16)13-5-2-1-3-6-13/h1-12,23H,(H,20,22)/q-1. The maximum Gasteiger partial charge on any atom is 0.271 e. The lowest BCUT2D eigenvalue weighted by Gasteiger charge is -2.21. The monoisotopic (exact) mass is 336 g/mol. The lowest BCUT2D eigenvalue weighted by atomic mass is 10.2. The molecule has 7 heteroatoms. The topological polar surface area (TPSA) is 101 Å². The molecule has 0 spiro atoms. The van der Waals surface area contributed by atoms with Crippen LogP contribution in [0, 0.1) is 5.21 Å². The van der Waals surface area contributed by atoms with Crippen LogP contribution < -0.4 is 10.7 Å². The van der Waals surface area contributed by atoms with Crippen molar-refractivity contribution < 1.29 is 14.4 Å². The second-order valence-corrected chi connectivity index (χ2v) is 5.09. The van der Waals surface area contributed by atoms with Gasteiger partial charge in [0.05, 0.1) is 11.9 Å². The van der Waals surface area contributed by atoms with Crippen LogP contribution in [0.3, 0.4) is 0 Å². The van der Waals surface area contributed by atoms with E-state index in [0.717, 1.165) is 5.56 Å². The smallest absolute Gasteiger partial charge is 0.271 e. The van der Waals surface area contributed by atoms with Gasteiger partial charge in [-0.2, -0.15) is 5.10 Å². The quantitative estimate of drug-likeness (QED) is 0.549. The van der Waals surface area contributed by atoms with Crippen LogP contribution >= 0.6 is 0 Å². The number of rotatable bonds is 5. The Kier molecular flexibility index (Phi) is 4.89. The molecule has 1 aromatic heterocycles. The van der Waals surface area contributed by atoms with E-state index < -0.39 is 5.91 Å². The van der Waals surface area contributed by atoms with Crippen molar-refractivity contribution in [3.63, 3.8) is 0 Å². The summed E-state index contributed by atoms with van der Waals surface area (Å²) in [4.78, 5) is 12.0. The summed E-state index contributed by atoms with van der Waals surface area (Å²) < 4.78 is 5.63. The summed E-state index contributed by atoms with van der Waals surface area (Å²) in [6, 6.07) is 18.7. The van der Waals surface area contributed by atoms with Crippen LogP contribution in [-0.2, 0) is 0 Å². The van der Waals surface area contributed by atoms with E-state index in [1.807, 2.05) is 36.4 Å². The van der Waals surface area contributed by atoms with Gasteiger partial charge in [-0.25, -0.2) is 5.43 Å². The SMILES string of the molecule is O=C(NN=Cc1ccc(-c2ccccc2)o1)c1cccc(N([O-])O)c1. The summed E-state index contributed by atoms with van der Waals surface area (Å²) in [5, 5.41) is 23.2. The Morgan fingerprint density at radius 3 is 2.68 bits per heavy atom. The molecule has 0 unspecified atom stereocenters. The minimum atomic E-state index is -0.519. The third kappa shape index (κ3) is 4.11. The van der Waals surface area contributed by atoms with E-state index >= 15 is 0 Å². The van der Waals surface area contributed by atoms with E-state index in [-0.39, 0.29) is 16.5 Å². The van der Waals surface area contributed by atoms with Gasteiger partial charge < -0.3 is 14.9 Å². The van der Waals surface area contributed by atoms with Gasteiger partial charge in [0.2, 0.25) is 0 Å². The number of amides is 1. The Balaban J connectivity index is 1.64. The highest BCUT2D eigenvalue weighted by Crippen LogP contribution is 2.20. The number of nitrogens with one attached hydrogen (secondary N) is 1. The molecule has 0 aliphatic carbocycles. The first-order chi connectivity index (χ1) is 12.1. The van der Waals surface area contributed by atoms with Gasteiger partial charge in [-0.3, -0.25) is 10.0 Å². The molecule has 0 fully saturated rings. The molecule has 0 atom stereocenters. The van der Waals surface area contributed by atoms with Gasteiger partial charge in [0.1, 0.15) is 11.5 Å². The van der Waals surface area contributed by atoms with Gasteiger partial charge in [0.15, 0.2) is 0 Å². The van der Waals surface area contributed by atoms with Crippen LogP contribution in [0.2, 0.25) is 0 Å². The largest absolute Gasteiger partial charge is 0.733 e. The Bertz CT molecular complexity index is 888. The summed E-state index contributed by atoms with van der Waals surface area (Å²) in [5.41, 5.74) is 3.41. The molecule has 0 radical (unpaired) electrons. The van der Waals surface area contributed by atoms with E-state index in [2.05, 4.69) is 10.5 Å². The zero-order chi connectivity index (χ0) is 17.6. The summed E-state index contributed by atoms with van der Waals surface area (Å²) in [7, 11) is 0. The van der Waals surface area contributed by atoms with Gasteiger partial charge in [-0.05, 0) is 30.3 Å². The van der Waals surface area contributed by atoms with Crippen molar-refractivity contribution in [1.82, 2.24) is 5.43 Å². The Hall–Kier alpha value is -3.42. The second-order valence-electron chi connectivity index (χ2n) is 5.09. The number of hydrazone groups is 1. The zero-order valence-electron chi connectivity index (χ0n) is 13.0. The number of benzene rings is 2. The molecule has 0 aliphatic heterocycles. The average molecular weight is 336 g/mol. The average Bonchev–Trinajstić information content (AvgIpc) is 3.11. The fourth-order valence-corrected chi connectivity index (χ4v) is 2.16. The molecular formula is C18H14N3O4-. The van der Waals surface area contributed by atoms with Gasteiger partial charge in [0, 0.05) is 11.1 Å². The summed E-state index contributed by atoms with van der Waals surface area (Å²) >= 11 is 0. The zero-order valence-corrected chi connectivity index (χ0v) is 13.0. The van der Waals surface area contributed by atoms with Gasteiger partial charge in [-0.1, -0.05) is 36.4 Å². The molecular weight excluding hydrogens is 322 g/mol. The summed E-state index contributed by atoms with van der Waals surface area (Å²) in [5.74, 6) is 0.656. The minimum absolute atomic E-state index is 0.0461. The third-order valence-electron chi connectivity index (χ3n) is 3.37. The van der Waals surface area contributed by atoms with Gasteiger partial charge >= 0.3 is 0 Å². The van der Waals surface area contributed by atoms with E-state index in [1.54, 1.807) is 6.07 Å². The second kappa shape index (κ2) is 7.43. The molecule has 0 saturated carbocycles. The third-order valence-corrected chi connectivity index (χ3v) is 3.37. The Morgan fingerprint density at radius 2 is 1.92 bits per heavy atom. The van der Waals surface area contributed by atoms with Crippen molar-refractivity contribution in [3.05, 3.63) is 83.3 Å². The molecule has 2 aromatic carbocycles. The first-order valence-corrected chi connectivity index (χ1v) is 7.38. The lowest BCUT2D eigenvalue weighted by molar-refractivity contribution is 0.0955. The van der Waals surface area contributed by atoms with Gasteiger partial charge in [0.25, 0.3) is 5.91 Å². The highest BCUT2D eigenvalue weighted by molar-refractivity contribution is 5.95. The first kappa shape index (κ1) is 16.4. The van der Waals surface area contributed by atoms with Crippen LogP contribution in [0.5, 0.6) is 0 Å². The van der Waals surface area contributed by atoms with Crippen molar-refractivity contribution in [3.8, 4) is 11.3 Å². The number of anilines is 1. The number of nitrogens with zero attached hydrogens (tertiary/aromatic N) is 2. The summed E-state index contributed by atoms with van der Waals surface area (Å²) in [6.07, 6.45) is 1.38. The predicted molar refractivity (Wildman–Crippen MR) is 93.3 cm³/mol. The molecule has 25 heavy (non-hydrogen) atoms. The maximum atomic E-state index is 12.0. The molecule has 1 heterocycles. The van der Waals surface area contributed by atoms with Crippen molar-refractivity contribution in [2.75, 3.05) is 5.23 Å². The fraction of sp³-hybridized carbons (Fsp3) is 0. The molecule has 3 aromatic rings. The Morgan fingerprint density at radius 1 is 1.12 bits per heavy atom. The van der Waals surface area contributed by atoms with E-state index in [4.69, 9.17) is 9.62 Å². The number of furan rings is 1. The fourth-order valence-electron chi connectivity index (χ4n) is 2.16. The van der Waals surface area contributed by atoms with Crippen molar-refractivity contribution >= 4 is 17.8 Å². The molecule has 126 valence electrons. The first-order valence-electron chi connectivity index (χ1n) is 7.38. The molecule has 0 bridgehead atoms. The Labute approximate surface area is 143 Å². The molecule has 2 N–H and O–H groups in total. The van der Waals surface area contributed by atoms with Gasteiger partial charge in [-0.15, -0.1) is 0 Å². The van der Waals surface area contributed by atoms with Crippen molar-refractivity contribution in [1.29, 1.82) is 0 Å². The van der Waals surface area contributed by atoms with E-state index in [9.17, 15) is 10.0 Å². The van der Waals surface area contributed by atoms with Crippen LogP contribution in [0.15, 0.2) is 76.2 Å². The van der Waals surface area contributed by atoms with Crippen LogP contribution in [0.1, 0.15) is 16.1 Å². The number of hydrogen-bond acceptors (Lipinski definition) is 6. The van der Waals surface area contributed by atoms with Crippen LogP contribution in [0.25, 0.3) is 11.3 Å². The van der Waals surface area contributed by atoms with E-state index in [0.29, 0.717) is 11.5 Å². The number of hydrogen-bond donors (Lipinski definition) is 2. The number of carbonyl (C=O) groups excluding carboxylic acids is 1. The molecule has 0 aliphatic rings.